The van der Waals surface area contributed by atoms with Crippen LogP contribution in [-0.4, -0.2) is 22.7 Å². The fraction of sp³-hybridized carbons (Fsp3) is 0.923. The first-order chi connectivity index (χ1) is 7.39. The number of aliphatic carboxylic acids is 1. The summed E-state index contributed by atoms with van der Waals surface area (Å²) >= 11 is 0. The van der Waals surface area contributed by atoms with Gasteiger partial charge in [-0.2, -0.15) is 0 Å². The molecule has 0 radical (unpaired) electrons. The molecule has 1 rings (SSSR count). The van der Waals surface area contributed by atoms with Crippen molar-refractivity contribution >= 4 is 5.97 Å². The van der Waals surface area contributed by atoms with Gasteiger partial charge < -0.3 is 5.11 Å². The van der Waals surface area contributed by atoms with Crippen LogP contribution in [0.4, 0.5) is 0 Å². The van der Waals surface area contributed by atoms with E-state index >= 15 is 0 Å². The molecule has 2 N–H and O–H groups in total. The summed E-state index contributed by atoms with van der Waals surface area (Å²) in [5.74, 6) is 0.319. The lowest BCUT2D eigenvalue weighted by Crippen LogP contribution is -2.58. The van der Waals surface area contributed by atoms with Crippen LogP contribution >= 0.6 is 0 Å². The molecule has 0 spiro atoms. The Balaban J connectivity index is 2.82. The van der Waals surface area contributed by atoms with Crippen molar-refractivity contribution in [3.63, 3.8) is 0 Å². The maximum Gasteiger partial charge on any atom is 0.323 e. The second kappa shape index (κ2) is 5.17. The molecule has 1 aliphatic carbocycles. The smallest absolute Gasteiger partial charge is 0.323 e. The van der Waals surface area contributed by atoms with Gasteiger partial charge in [-0.15, -0.1) is 0 Å². The zero-order chi connectivity index (χ0) is 12.3. The Hall–Kier alpha value is -0.570. The highest BCUT2D eigenvalue weighted by molar-refractivity contribution is 5.79. The van der Waals surface area contributed by atoms with Crippen LogP contribution in [-0.2, 0) is 4.79 Å². The molecule has 0 saturated heterocycles. The number of hydrogen-bond donors (Lipinski definition) is 2. The summed E-state index contributed by atoms with van der Waals surface area (Å²) in [6, 6.07) is 0.272. The van der Waals surface area contributed by atoms with Gasteiger partial charge in [-0.3, -0.25) is 10.1 Å². The van der Waals surface area contributed by atoms with E-state index in [0.717, 1.165) is 25.7 Å². The van der Waals surface area contributed by atoms with Gasteiger partial charge in [-0.1, -0.05) is 20.8 Å². The largest absolute Gasteiger partial charge is 0.480 e. The molecule has 0 aromatic rings. The number of carboxylic acid groups (broad SMARTS) is 1. The third-order valence-corrected chi connectivity index (χ3v) is 3.74. The zero-order valence-corrected chi connectivity index (χ0v) is 10.9. The van der Waals surface area contributed by atoms with E-state index in [0.29, 0.717) is 11.8 Å². The number of carboxylic acids is 1. The molecule has 0 aromatic heterocycles. The van der Waals surface area contributed by atoms with E-state index in [1.807, 2.05) is 0 Å². The lowest BCUT2D eigenvalue weighted by molar-refractivity contribution is -0.148. The first-order valence-electron chi connectivity index (χ1n) is 6.40. The lowest BCUT2D eigenvalue weighted by atomic mass is 9.71. The van der Waals surface area contributed by atoms with Gasteiger partial charge in [0.05, 0.1) is 0 Å². The SMILES string of the molecule is CCC(C)NC1(C(=O)O)CC(C)CC(C)C1. The van der Waals surface area contributed by atoms with Gasteiger partial charge in [0.2, 0.25) is 0 Å². The van der Waals surface area contributed by atoms with Crippen LogP contribution < -0.4 is 5.32 Å². The molecule has 3 atom stereocenters. The number of nitrogens with one attached hydrogen (secondary N) is 1. The topological polar surface area (TPSA) is 49.3 Å². The van der Waals surface area contributed by atoms with E-state index in [9.17, 15) is 9.90 Å². The molecular formula is C13H25NO2. The van der Waals surface area contributed by atoms with Crippen molar-refractivity contribution in [2.24, 2.45) is 11.8 Å². The normalized spacial score (nSPS) is 37.0. The molecule has 1 saturated carbocycles. The third-order valence-electron chi connectivity index (χ3n) is 3.74. The average molecular weight is 227 g/mol. The van der Waals surface area contributed by atoms with E-state index in [1.165, 1.54) is 0 Å². The third kappa shape index (κ3) is 2.97. The molecule has 94 valence electrons. The summed E-state index contributed by atoms with van der Waals surface area (Å²) in [5, 5.41) is 12.8. The minimum Gasteiger partial charge on any atom is -0.480 e. The predicted molar refractivity (Wildman–Crippen MR) is 65.4 cm³/mol. The molecule has 16 heavy (non-hydrogen) atoms. The van der Waals surface area contributed by atoms with Crippen molar-refractivity contribution in [2.45, 2.75) is 65.0 Å². The summed E-state index contributed by atoms with van der Waals surface area (Å²) in [5.41, 5.74) is -0.688. The second-order valence-corrected chi connectivity index (χ2v) is 5.70. The van der Waals surface area contributed by atoms with E-state index in [2.05, 4.69) is 33.0 Å². The summed E-state index contributed by atoms with van der Waals surface area (Å²) < 4.78 is 0. The first-order valence-corrected chi connectivity index (χ1v) is 6.40. The predicted octanol–water partition coefficient (Wildman–Crippen LogP) is 2.65. The Kier molecular flexibility index (Phi) is 4.36. The van der Waals surface area contributed by atoms with E-state index in [1.54, 1.807) is 0 Å². The van der Waals surface area contributed by atoms with Gasteiger partial charge in [0.15, 0.2) is 0 Å². The molecule has 0 heterocycles. The van der Waals surface area contributed by atoms with Gasteiger partial charge in [0.1, 0.15) is 5.54 Å². The molecule has 1 fully saturated rings. The molecule has 0 aliphatic heterocycles. The standard InChI is InChI=1S/C13H25NO2/c1-5-11(4)14-13(12(15)16)7-9(2)6-10(3)8-13/h9-11,14H,5-8H2,1-4H3,(H,15,16). The molecule has 3 heteroatoms. The van der Waals surface area contributed by atoms with Crippen molar-refractivity contribution in [1.82, 2.24) is 5.32 Å². The highest BCUT2D eigenvalue weighted by Gasteiger charge is 2.44. The van der Waals surface area contributed by atoms with Gasteiger partial charge in [-0.05, 0) is 44.4 Å². The molecular weight excluding hydrogens is 202 g/mol. The van der Waals surface area contributed by atoms with Gasteiger partial charge in [0.25, 0.3) is 0 Å². The van der Waals surface area contributed by atoms with Crippen molar-refractivity contribution in [3.8, 4) is 0 Å². The molecule has 1 aliphatic rings. The van der Waals surface area contributed by atoms with Crippen LogP contribution in [0.15, 0.2) is 0 Å². The van der Waals surface area contributed by atoms with Crippen molar-refractivity contribution < 1.29 is 9.90 Å². The molecule has 0 aromatic carbocycles. The van der Waals surface area contributed by atoms with Crippen LogP contribution in [0.1, 0.15) is 53.4 Å². The summed E-state index contributed by atoms with van der Waals surface area (Å²) in [7, 11) is 0. The van der Waals surface area contributed by atoms with Gasteiger partial charge in [0, 0.05) is 6.04 Å². The van der Waals surface area contributed by atoms with Crippen molar-refractivity contribution in [2.75, 3.05) is 0 Å². The number of hydrogen-bond acceptors (Lipinski definition) is 2. The summed E-state index contributed by atoms with van der Waals surface area (Å²) in [4.78, 5) is 11.6. The van der Waals surface area contributed by atoms with Crippen LogP contribution in [0, 0.1) is 11.8 Å². The fourth-order valence-electron chi connectivity index (χ4n) is 3.05. The lowest BCUT2D eigenvalue weighted by Gasteiger charge is -2.42. The maximum absolute atomic E-state index is 11.6. The Morgan fingerprint density at radius 3 is 2.31 bits per heavy atom. The van der Waals surface area contributed by atoms with Gasteiger partial charge in [-0.25, -0.2) is 0 Å². The maximum atomic E-state index is 11.6. The zero-order valence-electron chi connectivity index (χ0n) is 10.9. The Bertz CT molecular complexity index is 242. The first kappa shape index (κ1) is 13.5. The minimum absolute atomic E-state index is 0.272. The number of rotatable bonds is 4. The molecule has 0 amide bonds. The summed E-state index contributed by atoms with van der Waals surface area (Å²) in [6.45, 7) is 8.47. The Morgan fingerprint density at radius 1 is 1.44 bits per heavy atom. The fourth-order valence-corrected chi connectivity index (χ4v) is 3.05. The van der Waals surface area contributed by atoms with E-state index < -0.39 is 11.5 Å². The van der Waals surface area contributed by atoms with E-state index in [4.69, 9.17) is 0 Å². The molecule has 3 unspecified atom stereocenters. The quantitative estimate of drug-likeness (QED) is 0.776. The summed E-state index contributed by atoms with van der Waals surface area (Å²) in [6.07, 6.45) is 3.64. The highest BCUT2D eigenvalue weighted by Crippen LogP contribution is 2.36. The molecule has 0 bridgehead atoms. The monoisotopic (exact) mass is 227 g/mol. The van der Waals surface area contributed by atoms with Crippen molar-refractivity contribution in [3.05, 3.63) is 0 Å². The average Bonchev–Trinajstić information content (AvgIpc) is 2.15. The number of carbonyl (C=O) groups is 1. The van der Waals surface area contributed by atoms with Crippen LogP contribution in [0.2, 0.25) is 0 Å². The Morgan fingerprint density at radius 2 is 1.94 bits per heavy atom. The van der Waals surface area contributed by atoms with Crippen molar-refractivity contribution in [1.29, 1.82) is 0 Å². The van der Waals surface area contributed by atoms with Gasteiger partial charge >= 0.3 is 5.97 Å². The minimum atomic E-state index is -0.688. The Labute approximate surface area is 98.6 Å². The second-order valence-electron chi connectivity index (χ2n) is 5.70. The molecule has 3 nitrogen and oxygen atoms in total. The highest BCUT2D eigenvalue weighted by atomic mass is 16.4. The van der Waals surface area contributed by atoms with Crippen LogP contribution in [0.3, 0.4) is 0 Å². The van der Waals surface area contributed by atoms with E-state index in [-0.39, 0.29) is 6.04 Å². The van der Waals surface area contributed by atoms with Crippen LogP contribution in [0.25, 0.3) is 0 Å². The van der Waals surface area contributed by atoms with Crippen LogP contribution in [0.5, 0.6) is 0 Å².